The maximum absolute atomic E-state index is 5.42. The molecule has 7 heteroatoms. The normalized spacial score (nSPS) is 10.7. The van der Waals surface area contributed by atoms with Crippen molar-refractivity contribution in [2.45, 2.75) is 40.5 Å². The molecule has 1 heterocycles. The summed E-state index contributed by atoms with van der Waals surface area (Å²) in [4.78, 5) is 15.0. The lowest BCUT2D eigenvalue weighted by Crippen LogP contribution is -2.26. The van der Waals surface area contributed by atoms with Gasteiger partial charge in [0.1, 0.15) is 0 Å². The van der Waals surface area contributed by atoms with E-state index in [-0.39, 0.29) is 0 Å². The first-order valence-electron chi connectivity index (χ1n) is 7.32. The number of rotatable bonds is 9. The molecule has 1 aromatic heterocycles. The molecule has 0 atom stereocenters. The summed E-state index contributed by atoms with van der Waals surface area (Å²) in [5, 5.41) is 3.23. The molecule has 0 aliphatic heterocycles. The van der Waals surface area contributed by atoms with Crippen LogP contribution < -0.4 is 21.5 Å². The highest BCUT2D eigenvalue weighted by atomic mass is 15.4. The van der Waals surface area contributed by atoms with E-state index in [1.807, 2.05) is 0 Å². The van der Waals surface area contributed by atoms with Gasteiger partial charge in [-0.05, 0) is 32.6 Å². The van der Waals surface area contributed by atoms with Gasteiger partial charge in [0.25, 0.3) is 0 Å². The lowest BCUT2D eigenvalue weighted by Gasteiger charge is -2.19. The number of anilines is 3. The lowest BCUT2D eigenvalue weighted by molar-refractivity contribution is 0.566. The summed E-state index contributed by atoms with van der Waals surface area (Å²) >= 11 is 0. The van der Waals surface area contributed by atoms with Crippen LogP contribution in [-0.4, -0.2) is 34.6 Å². The second-order valence-corrected chi connectivity index (χ2v) is 5.06. The molecule has 0 spiro atoms. The van der Waals surface area contributed by atoms with Crippen LogP contribution in [0.25, 0.3) is 0 Å². The van der Waals surface area contributed by atoms with E-state index >= 15 is 0 Å². The number of nitrogen functional groups attached to an aromatic ring is 1. The van der Waals surface area contributed by atoms with Crippen molar-refractivity contribution in [1.29, 1.82) is 0 Å². The highest BCUT2D eigenvalue weighted by molar-refractivity contribution is 5.43. The maximum atomic E-state index is 5.42. The third-order valence-corrected chi connectivity index (χ3v) is 3.04. The first-order chi connectivity index (χ1) is 9.60. The second-order valence-electron chi connectivity index (χ2n) is 5.06. The Kier molecular flexibility index (Phi) is 7.00. The van der Waals surface area contributed by atoms with E-state index in [0.717, 1.165) is 26.1 Å². The molecule has 4 N–H and O–H groups in total. The van der Waals surface area contributed by atoms with Gasteiger partial charge in [0.15, 0.2) is 0 Å². The summed E-state index contributed by atoms with van der Waals surface area (Å²) in [6.45, 7) is 11.1. The molecule has 0 aliphatic rings. The number of hydrazine groups is 1. The van der Waals surface area contributed by atoms with E-state index in [0.29, 0.717) is 23.8 Å². The summed E-state index contributed by atoms with van der Waals surface area (Å²) in [5.74, 6) is 7.72. The molecule has 0 unspecified atom stereocenters. The Balaban J connectivity index is 2.72. The lowest BCUT2D eigenvalue weighted by atomic mass is 10.1. The largest absolute Gasteiger partial charge is 0.354 e. The summed E-state index contributed by atoms with van der Waals surface area (Å²) in [7, 11) is 0. The maximum Gasteiger partial charge on any atom is 0.243 e. The van der Waals surface area contributed by atoms with Crippen molar-refractivity contribution >= 4 is 17.8 Å². The molecule has 0 radical (unpaired) electrons. The molecule has 0 amide bonds. The minimum Gasteiger partial charge on any atom is -0.354 e. The van der Waals surface area contributed by atoms with Crippen LogP contribution in [-0.2, 0) is 0 Å². The molecule has 0 saturated carbocycles. The van der Waals surface area contributed by atoms with Gasteiger partial charge >= 0.3 is 0 Å². The molecule has 0 fully saturated rings. The van der Waals surface area contributed by atoms with E-state index in [9.17, 15) is 0 Å². The van der Waals surface area contributed by atoms with Crippen LogP contribution in [0.4, 0.5) is 17.8 Å². The number of hydrogen-bond acceptors (Lipinski definition) is 7. The van der Waals surface area contributed by atoms with Crippen molar-refractivity contribution in [3.05, 3.63) is 0 Å². The molecule has 20 heavy (non-hydrogen) atoms. The zero-order chi connectivity index (χ0) is 15.0. The molecular weight excluding hydrogens is 254 g/mol. The van der Waals surface area contributed by atoms with Gasteiger partial charge in [0.05, 0.1) is 0 Å². The van der Waals surface area contributed by atoms with Crippen molar-refractivity contribution in [2.24, 2.45) is 11.8 Å². The van der Waals surface area contributed by atoms with E-state index in [2.05, 4.69) is 58.3 Å². The van der Waals surface area contributed by atoms with Crippen LogP contribution in [0.5, 0.6) is 0 Å². The third kappa shape index (κ3) is 5.16. The molecule has 0 aromatic carbocycles. The number of aromatic nitrogens is 3. The van der Waals surface area contributed by atoms with Crippen LogP contribution in [0.3, 0.4) is 0 Å². The van der Waals surface area contributed by atoms with Crippen LogP contribution in [0, 0.1) is 5.92 Å². The number of nitrogens with zero attached hydrogens (tertiary/aromatic N) is 4. The fourth-order valence-corrected chi connectivity index (χ4v) is 1.87. The van der Waals surface area contributed by atoms with Crippen LogP contribution in [0.2, 0.25) is 0 Å². The molecule has 0 bridgehead atoms. The predicted molar refractivity (Wildman–Crippen MR) is 83.8 cm³/mol. The highest BCUT2D eigenvalue weighted by Gasteiger charge is 2.10. The Morgan fingerprint density at radius 3 is 2.30 bits per heavy atom. The van der Waals surface area contributed by atoms with Gasteiger partial charge < -0.3 is 10.2 Å². The van der Waals surface area contributed by atoms with Gasteiger partial charge in [-0.3, -0.25) is 5.43 Å². The van der Waals surface area contributed by atoms with E-state index in [1.165, 1.54) is 6.42 Å². The van der Waals surface area contributed by atoms with Crippen molar-refractivity contribution in [3.8, 4) is 0 Å². The molecule has 114 valence electrons. The first-order valence-corrected chi connectivity index (χ1v) is 7.32. The third-order valence-electron chi connectivity index (χ3n) is 3.04. The first kappa shape index (κ1) is 16.4. The van der Waals surface area contributed by atoms with Crippen LogP contribution in [0.1, 0.15) is 40.5 Å². The Bertz CT molecular complexity index is 390. The van der Waals surface area contributed by atoms with Crippen molar-refractivity contribution in [2.75, 3.05) is 35.3 Å². The van der Waals surface area contributed by atoms with Gasteiger partial charge in [0, 0.05) is 19.6 Å². The minimum atomic E-state index is 0.383. The van der Waals surface area contributed by atoms with Crippen molar-refractivity contribution < 1.29 is 0 Å². The summed E-state index contributed by atoms with van der Waals surface area (Å²) in [6.07, 6.45) is 2.28. The van der Waals surface area contributed by atoms with Gasteiger partial charge in [-0.2, -0.15) is 15.0 Å². The minimum absolute atomic E-state index is 0.383. The van der Waals surface area contributed by atoms with Crippen molar-refractivity contribution in [3.63, 3.8) is 0 Å². The number of nitrogens with two attached hydrogens (primary N) is 1. The van der Waals surface area contributed by atoms with Crippen LogP contribution in [0.15, 0.2) is 0 Å². The van der Waals surface area contributed by atoms with E-state index < -0.39 is 0 Å². The Morgan fingerprint density at radius 1 is 1.10 bits per heavy atom. The standard InChI is InChI=1S/C13H27N7/c1-5-20(6-2)13-17-11(16-12(18-13)19-14)15-9-7-8-10(3)4/h10H,5-9,14H2,1-4H3,(H2,15,16,17,18,19). The fourth-order valence-electron chi connectivity index (χ4n) is 1.87. The molecule has 7 nitrogen and oxygen atoms in total. The second kappa shape index (κ2) is 8.52. The molecule has 1 aromatic rings. The Morgan fingerprint density at radius 2 is 1.75 bits per heavy atom. The fraction of sp³-hybridized carbons (Fsp3) is 0.769. The number of hydrogen-bond donors (Lipinski definition) is 3. The summed E-state index contributed by atoms with van der Waals surface area (Å²) < 4.78 is 0. The topological polar surface area (TPSA) is 92.0 Å². The molecule has 0 aliphatic carbocycles. The average Bonchev–Trinajstić information content (AvgIpc) is 2.44. The Hall–Kier alpha value is -1.63. The molecular formula is C13H27N7. The zero-order valence-electron chi connectivity index (χ0n) is 13.0. The highest BCUT2D eigenvalue weighted by Crippen LogP contribution is 2.13. The molecule has 1 rings (SSSR count). The summed E-state index contributed by atoms with van der Waals surface area (Å²) in [6, 6.07) is 0. The quantitative estimate of drug-likeness (QED) is 0.361. The van der Waals surface area contributed by atoms with Gasteiger partial charge in [0.2, 0.25) is 17.8 Å². The van der Waals surface area contributed by atoms with Gasteiger partial charge in [-0.15, -0.1) is 0 Å². The zero-order valence-corrected chi connectivity index (χ0v) is 13.0. The Labute approximate surface area is 121 Å². The molecule has 0 saturated heterocycles. The SMILES string of the molecule is CCN(CC)c1nc(NN)nc(NCCCC(C)C)n1. The van der Waals surface area contributed by atoms with Crippen molar-refractivity contribution in [1.82, 2.24) is 15.0 Å². The van der Waals surface area contributed by atoms with E-state index in [1.54, 1.807) is 0 Å². The van der Waals surface area contributed by atoms with Gasteiger partial charge in [-0.1, -0.05) is 13.8 Å². The van der Waals surface area contributed by atoms with Crippen LogP contribution >= 0.6 is 0 Å². The predicted octanol–water partition coefficient (Wildman–Crippen LogP) is 1.85. The van der Waals surface area contributed by atoms with Gasteiger partial charge in [-0.25, -0.2) is 5.84 Å². The number of nitrogens with one attached hydrogen (secondary N) is 2. The van der Waals surface area contributed by atoms with E-state index in [4.69, 9.17) is 5.84 Å². The monoisotopic (exact) mass is 281 g/mol. The summed E-state index contributed by atoms with van der Waals surface area (Å²) in [5.41, 5.74) is 2.49. The average molecular weight is 281 g/mol. The smallest absolute Gasteiger partial charge is 0.243 e.